The van der Waals surface area contributed by atoms with Gasteiger partial charge in [0.05, 0.1) is 19.4 Å². The van der Waals surface area contributed by atoms with Gasteiger partial charge in [-0.1, -0.05) is 42.5 Å². The average Bonchev–Trinajstić information content (AvgIpc) is 3.26. The van der Waals surface area contributed by atoms with Gasteiger partial charge in [-0.25, -0.2) is 0 Å². The molecule has 2 heterocycles. The van der Waals surface area contributed by atoms with E-state index in [1.807, 2.05) is 78.6 Å². The molecule has 2 aromatic carbocycles. The Morgan fingerprint density at radius 3 is 2.67 bits per heavy atom. The van der Waals surface area contributed by atoms with Gasteiger partial charge in [-0.2, -0.15) is 0 Å². The third-order valence-corrected chi connectivity index (χ3v) is 5.34. The molecule has 30 heavy (non-hydrogen) atoms. The van der Waals surface area contributed by atoms with Crippen LogP contribution in [0.2, 0.25) is 0 Å². The first-order chi connectivity index (χ1) is 14.6. The van der Waals surface area contributed by atoms with Gasteiger partial charge in [0.2, 0.25) is 0 Å². The van der Waals surface area contributed by atoms with Crippen LogP contribution in [0.5, 0.6) is 0 Å². The van der Waals surface area contributed by atoms with E-state index in [2.05, 4.69) is 10.3 Å². The fourth-order valence-corrected chi connectivity index (χ4v) is 3.56. The molecule has 0 saturated carbocycles. The first-order valence-electron chi connectivity index (χ1n) is 9.80. The number of hydrogen-bond donors (Lipinski definition) is 2. The monoisotopic (exact) mass is 417 g/mol. The van der Waals surface area contributed by atoms with E-state index in [0.717, 1.165) is 27.8 Å². The Balaban J connectivity index is 1.57. The van der Waals surface area contributed by atoms with Gasteiger partial charge in [-0.15, -0.1) is 0 Å². The minimum Gasteiger partial charge on any atom is -0.467 e. The minimum absolute atomic E-state index is 0.108. The second-order valence-electron chi connectivity index (χ2n) is 7.29. The number of rotatable bonds is 6. The predicted octanol–water partition coefficient (Wildman–Crippen LogP) is 4.51. The van der Waals surface area contributed by atoms with Crippen molar-refractivity contribution < 1.29 is 4.42 Å². The molecule has 4 rings (SSSR count). The smallest absolute Gasteiger partial charge is 0.253 e. The summed E-state index contributed by atoms with van der Waals surface area (Å²) in [7, 11) is 0. The van der Waals surface area contributed by atoms with Crippen LogP contribution in [0.1, 0.15) is 22.5 Å². The van der Waals surface area contributed by atoms with E-state index >= 15 is 0 Å². The summed E-state index contributed by atoms with van der Waals surface area (Å²) in [4.78, 5) is 17.7. The van der Waals surface area contributed by atoms with Crippen LogP contribution >= 0.6 is 12.2 Å². The molecule has 0 bridgehead atoms. The lowest BCUT2D eigenvalue weighted by atomic mass is 10.1. The maximum atomic E-state index is 12.7. The lowest BCUT2D eigenvalue weighted by molar-refractivity contribution is 0.350. The maximum absolute atomic E-state index is 12.7. The second-order valence-corrected chi connectivity index (χ2v) is 7.68. The van der Waals surface area contributed by atoms with E-state index in [-0.39, 0.29) is 5.56 Å². The van der Waals surface area contributed by atoms with Crippen LogP contribution in [-0.2, 0) is 19.6 Å². The topological polar surface area (TPSA) is 61.3 Å². The van der Waals surface area contributed by atoms with E-state index in [0.29, 0.717) is 30.3 Å². The van der Waals surface area contributed by atoms with Crippen molar-refractivity contribution in [2.24, 2.45) is 0 Å². The number of aromatic nitrogens is 1. The fraction of sp³-hybridized carbons (Fsp3) is 0.167. The number of nitrogens with zero attached hydrogens (tertiary/aromatic N) is 1. The van der Waals surface area contributed by atoms with E-state index < -0.39 is 0 Å². The van der Waals surface area contributed by atoms with Crippen LogP contribution in [0.15, 0.2) is 82.2 Å². The number of thiocarbonyl (C=S) groups is 1. The van der Waals surface area contributed by atoms with E-state index in [4.69, 9.17) is 16.6 Å². The highest BCUT2D eigenvalue weighted by atomic mass is 32.1. The zero-order valence-corrected chi connectivity index (χ0v) is 17.5. The Kier molecular flexibility index (Phi) is 5.95. The second kappa shape index (κ2) is 8.97. The number of nitrogens with one attached hydrogen (secondary N) is 2. The van der Waals surface area contributed by atoms with Crippen molar-refractivity contribution in [3.05, 3.63) is 106 Å². The van der Waals surface area contributed by atoms with Crippen molar-refractivity contribution in [1.82, 2.24) is 15.2 Å². The summed E-state index contributed by atoms with van der Waals surface area (Å²) in [5, 5.41) is 4.86. The van der Waals surface area contributed by atoms with Crippen LogP contribution in [0.25, 0.3) is 10.9 Å². The molecule has 4 aromatic rings. The van der Waals surface area contributed by atoms with Crippen molar-refractivity contribution in [3.63, 3.8) is 0 Å². The molecule has 152 valence electrons. The summed E-state index contributed by atoms with van der Waals surface area (Å²) >= 11 is 5.66. The molecule has 0 fully saturated rings. The molecule has 0 amide bonds. The summed E-state index contributed by atoms with van der Waals surface area (Å²) in [6.45, 7) is 3.47. The molecule has 6 heteroatoms. The molecule has 0 aliphatic carbocycles. The zero-order valence-electron chi connectivity index (χ0n) is 16.7. The summed E-state index contributed by atoms with van der Waals surface area (Å²) in [5.74, 6) is 0.784. The molecule has 0 saturated heterocycles. The van der Waals surface area contributed by atoms with E-state index in [1.54, 1.807) is 6.26 Å². The first kappa shape index (κ1) is 19.9. The molecule has 2 aromatic heterocycles. The van der Waals surface area contributed by atoms with E-state index in [9.17, 15) is 4.79 Å². The zero-order chi connectivity index (χ0) is 20.9. The van der Waals surface area contributed by atoms with Gasteiger partial charge >= 0.3 is 0 Å². The Bertz CT molecular complexity index is 1200. The highest BCUT2D eigenvalue weighted by molar-refractivity contribution is 7.80. The van der Waals surface area contributed by atoms with Crippen LogP contribution in [0.3, 0.4) is 0 Å². The third kappa shape index (κ3) is 4.78. The molecule has 2 N–H and O–H groups in total. The number of hydrogen-bond acceptors (Lipinski definition) is 3. The summed E-state index contributed by atoms with van der Waals surface area (Å²) < 4.78 is 5.51. The summed E-state index contributed by atoms with van der Waals surface area (Å²) in [6.07, 6.45) is 1.64. The number of aromatic amines is 1. The lowest BCUT2D eigenvalue weighted by Crippen LogP contribution is -2.39. The Morgan fingerprint density at radius 1 is 1.07 bits per heavy atom. The number of benzene rings is 2. The molecule has 0 aliphatic rings. The Labute approximate surface area is 180 Å². The van der Waals surface area contributed by atoms with Crippen molar-refractivity contribution in [1.29, 1.82) is 0 Å². The quantitative estimate of drug-likeness (QED) is 0.452. The van der Waals surface area contributed by atoms with Gasteiger partial charge in [-0.3, -0.25) is 4.79 Å². The Morgan fingerprint density at radius 2 is 1.90 bits per heavy atom. The molecule has 0 aliphatic heterocycles. The maximum Gasteiger partial charge on any atom is 0.253 e. The van der Waals surface area contributed by atoms with Gasteiger partial charge < -0.3 is 19.6 Å². The number of fused-ring (bicyclic) bond motifs is 1. The average molecular weight is 418 g/mol. The van der Waals surface area contributed by atoms with Gasteiger partial charge in [0.1, 0.15) is 5.76 Å². The fourth-order valence-electron chi connectivity index (χ4n) is 3.36. The van der Waals surface area contributed by atoms with E-state index in [1.165, 1.54) is 0 Å². The van der Waals surface area contributed by atoms with Crippen LogP contribution in [0.4, 0.5) is 0 Å². The molecular formula is C24H23N3O2S. The van der Waals surface area contributed by atoms with Crippen LogP contribution < -0.4 is 10.9 Å². The van der Waals surface area contributed by atoms with Gasteiger partial charge in [0.15, 0.2) is 5.11 Å². The van der Waals surface area contributed by atoms with Gasteiger partial charge in [0.25, 0.3) is 5.56 Å². The largest absolute Gasteiger partial charge is 0.467 e. The van der Waals surface area contributed by atoms with Crippen molar-refractivity contribution in [3.8, 4) is 0 Å². The lowest BCUT2D eigenvalue weighted by Gasteiger charge is -2.25. The van der Waals surface area contributed by atoms with Crippen molar-refractivity contribution in [2.45, 2.75) is 26.6 Å². The number of H-pyrrole nitrogens is 1. The highest BCUT2D eigenvalue weighted by Gasteiger charge is 2.15. The Hall–Kier alpha value is -3.38. The molecule has 0 radical (unpaired) electrons. The highest BCUT2D eigenvalue weighted by Crippen LogP contribution is 2.15. The predicted molar refractivity (Wildman–Crippen MR) is 123 cm³/mol. The van der Waals surface area contributed by atoms with Gasteiger partial charge in [0, 0.05) is 17.6 Å². The van der Waals surface area contributed by atoms with Crippen LogP contribution in [0, 0.1) is 6.92 Å². The summed E-state index contributed by atoms with van der Waals surface area (Å²) in [6, 6.07) is 21.8. The molecule has 0 atom stereocenters. The normalized spacial score (nSPS) is 10.8. The SMILES string of the molecule is Cc1ccc2cc(CN(Cc3ccco3)C(=S)NCc3ccccc3)c(=O)[nH]c2c1. The molecule has 0 spiro atoms. The van der Waals surface area contributed by atoms with Crippen LogP contribution in [-0.4, -0.2) is 15.0 Å². The number of furan rings is 1. The van der Waals surface area contributed by atoms with Crippen molar-refractivity contribution >= 4 is 28.2 Å². The molecule has 0 unspecified atom stereocenters. The first-order valence-corrected chi connectivity index (χ1v) is 10.2. The molecule has 5 nitrogen and oxygen atoms in total. The number of pyridine rings is 1. The number of aryl methyl sites for hydroxylation is 1. The molecular weight excluding hydrogens is 394 g/mol. The van der Waals surface area contributed by atoms with Gasteiger partial charge in [-0.05, 0) is 59.9 Å². The van der Waals surface area contributed by atoms with Crippen molar-refractivity contribution in [2.75, 3.05) is 0 Å². The minimum atomic E-state index is -0.108. The standard InChI is InChI=1S/C24H23N3O2S/c1-17-9-10-19-13-20(23(28)26-22(19)12-17)15-27(16-21-8-5-11-29-21)24(30)25-14-18-6-3-2-4-7-18/h2-13H,14-16H2,1H3,(H,25,30)(H,26,28). The third-order valence-electron chi connectivity index (χ3n) is 4.94. The summed E-state index contributed by atoms with van der Waals surface area (Å²) in [5.41, 5.74) is 3.63.